The number of anilines is 1. The number of benzene rings is 3. The van der Waals surface area contributed by atoms with Crippen molar-refractivity contribution < 1.29 is 23.9 Å². The number of methoxy groups -OCH3 is 1. The van der Waals surface area contributed by atoms with Gasteiger partial charge in [0, 0.05) is 15.6 Å². The van der Waals surface area contributed by atoms with Gasteiger partial charge in [0.25, 0.3) is 11.8 Å². The first kappa shape index (κ1) is 26.7. The summed E-state index contributed by atoms with van der Waals surface area (Å²) in [4.78, 5) is 39.3. The molecule has 3 aromatic carbocycles. The average Bonchev–Trinajstić information content (AvgIpc) is 2.84. The number of aryl methyl sites for hydroxylation is 2. The van der Waals surface area contributed by atoms with Gasteiger partial charge in [-0.05, 0) is 88.9 Å². The van der Waals surface area contributed by atoms with Crippen LogP contribution >= 0.6 is 39.1 Å². The second kappa shape index (κ2) is 11.0. The van der Waals surface area contributed by atoms with Crippen LogP contribution in [0.2, 0.25) is 10.0 Å². The zero-order valence-electron chi connectivity index (χ0n) is 20.0. The molecule has 1 aliphatic heterocycles. The highest BCUT2D eigenvalue weighted by molar-refractivity contribution is 9.10. The number of ether oxygens (including phenoxy) is 2. The molecule has 7 nitrogen and oxygen atoms in total. The monoisotopic (exact) mass is 602 g/mol. The first-order valence-electron chi connectivity index (χ1n) is 11.0. The molecular weight excluding hydrogens is 583 g/mol. The lowest BCUT2D eigenvalue weighted by Gasteiger charge is -2.27. The van der Waals surface area contributed by atoms with Gasteiger partial charge >= 0.3 is 6.03 Å². The van der Waals surface area contributed by atoms with E-state index in [1.165, 1.54) is 13.2 Å². The smallest absolute Gasteiger partial charge is 0.335 e. The van der Waals surface area contributed by atoms with Crippen molar-refractivity contribution >= 4 is 68.7 Å². The first-order valence-corrected chi connectivity index (χ1v) is 12.6. The molecule has 0 atom stereocenters. The summed E-state index contributed by atoms with van der Waals surface area (Å²) in [6, 6.07) is 12.8. The molecule has 0 aromatic heterocycles. The molecule has 0 spiro atoms. The number of halogens is 3. The van der Waals surface area contributed by atoms with Crippen LogP contribution in [-0.2, 0) is 16.2 Å². The maximum absolute atomic E-state index is 13.3. The van der Waals surface area contributed by atoms with E-state index in [1.54, 1.807) is 42.5 Å². The molecule has 10 heteroatoms. The van der Waals surface area contributed by atoms with Gasteiger partial charge in [-0.2, -0.15) is 0 Å². The number of carbonyl (C=O) groups excluding carboxylic acids is 3. The number of rotatable bonds is 6. The third-order valence-corrected chi connectivity index (χ3v) is 6.98. The second-order valence-electron chi connectivity index (χ2n) is 8.28. The van der Waals surface area contributed by atoms with Crippen LogP contribution in [-0.4, -0.2) is 25.0 Å². The van der Waals surface area contributed by atoms with E-state index in [2.05, 4.69) is 21.2 Å². The molecule has 1 aliphatic rings. The molecule has 0 unspecified atom stereocenters. The minimum atomic E-state index is -0.807. The third-order valence-electron chi connectivity index (χ3n) is 5.80. The number of carbonyl (C=O) groups is 3. The Hall–Kier alpha value is -3.33. The molecule has 190 valence electrons. The predicted molar refractivity (Wildman–Crippen MR) is 146 cm³/mol. The van der Waals surface area contributed by atoms with E-state index in [-0.39, 0.29) is 12.2 Å². The summed E-state index contributed by atoms with van der Waals surface area (Å²) >= 11 is 15.7. The minimum Gasteiger partial charge on any atom is -0.493 e. The molecule has 1 N–H and O–H groups in total. The average molecular weight is 604 g/mol. The summed E-state index contributed by atoms with van der Waals surface area (Å²) in [6.07, 6.45) is 1.39. The molecular formula is C27H21BrCl2N2O5. The van der Waals surface area contributed by atoms with Crippen LogP contribution in [0.3, 0.4) is 0 Å². The molecule has 0 aliphatic carbocycles. The fourth-order valence-electron chi connectivity index (χ4n) is 3.68. The molecule has 1 fully saturated rings. The molecule has 3 aromatic rings. The highest BCUT2D eigenvalue weighted by Gasteiger charge is 2.37. The minimum absolute atomic E-state index is 0.152. The summed E-state index contributed by atoms with van der Waals surface area (Å²) in [7, 11) is 1.47. The maximum atomic E-state index is 13.3. The Morgan fingerprint density at radius 2 is 1.76 bits per heavy atom. The van der Waals surface area contributed by atoms with Gasteiger partial charge in [-0.25, -0.2) is 9.69 Å². The third kappa shape index (κ3) is 5.66. The SMILES string of the molecule is COc1cc(/C=C2\C(=O)NC(=O)N(c3ccc(C)c(C)c3)C2=O)cc(Br)c1OCc1ccc(Cl)cc1Cl. The quantitative estimate of drug-likeness (QED) is 0.253. The van der Waals surface area contributed by atoms with E-state index in [0.717, 1.165) is 21.6 Å². The van der Waals surface area contributed by atoms with Crippen LogP contribution in [0.25, 0.3) is 6.08 Å². The molecule has 0 saturated carbocycles. The van der Waals surface area contributed by atoms with Crippen molar-refractivity contribution in [2.45, 2.75) is 20.5 Å². The summed E-state index contributed by atoms with van der Waals surface area (Å²) in [5, 5.41) is 3.22. The van der Waals surface area contributed by atoms with E-state index in [1.807, 2.05) is 19.9 Å². The summed E-state index contributed by atoms with van der Waals surface area (Å²) in [5.41, 5.74) is 3.30. The Bertz CT molecular complexity index is 1470. The number of nitrogens with zero attached hydrogens (tertiary/aromatic N) is 1. The van der Waals surface area contributed by atoms with Crippen molar-refractivity contribution in [3.05, 3.63) is 90.9 Å². The Labute approximate surface area is 232 Å². The van der Waals surface area contributed by atoms with Crippen molar-refractivity contribution in [1.29, 1.82) is 0 Å². The fraction of sp³-hybridized carbons (Fsp3) is 0.148. The molecule has 1 saturated heterocycles. The van der Waals surface area contributed by atoms with Gasteiger partial charge in [0.1, 0.15) is 12.2 Å². The standard InChI is InChI=1S/C27H21BrCl2N2O5/c1-14-4-7-19(8-15(14)2)32-26(34)20(25(33)31-27(32)35)9-16-10-21(28)24(23(11-16)36-3)37-13-17-5-6-18(29)12-22(17)30/h4-12H,13H2,1-3H3,(H,31,33,35)/b20-9+. The Morgan fingerprint density at radius 1 is 1.00 bits per heavy atom. The van der Waals surface area contributed by atoms with E-state index >= 15 is 0 Å². The summed E-state index contributed by atoms with van der Waals surface area (Å²) < 4.78 is 12.0. The maximum Gasteiger partial charge on any atom is 0.335 e. The van der Waals surface area contributed by atoms with Crippen LogP contribution in [0.15, 0.2) is 58.6 Å². The first-order chi connectivity index (χ1) is 17.6. The lowest BCUT2D eigenvalue weighted by molar-refractivity contribution is -0.122. The number of imide groups is 2. The molecule has 4 rings (SSSR count). The number of amides is 4. The van der Waals surface area contributed by atoms with Crippen LogP contribution in [0, 0.1) is 13.8 Å². The number of hydrogen-bond acceptors (Lipinski definition) is 5. The Balaban J connectivity index is 1.65. The Morgan fingerprint density at radius 3 is 2.43 bits per heavy atom. The summed E-state index contributed by atoms with van der Waals surface area (Å²) in [5.74, 6) is -0.758. The van der Waals surface area contributed by atoms with Gasteiger partial charge in [0.2, 0.25) is 0 Å². The van der Waals surface area contributed by atoms with Crippen molar-refractivity contribution in [1.82, 2.24) is 5.32 Å². The van der Waals surface area contributed by atoms with Gasteiger partial charge in [-0.1, -0.05) is 35.3 Å². The predicted octanol–water partition coefficient (Wildman–Crippen LogP) is 6.63. The number of barbiturate groups is 1. The largest absolute Gasteiger partial charge is 0.493 e. The Kier molecular flexibility index (Phi) is 7.92. The van der Waals surface area contributed by atoms with Gasteiger partial charge in [-0.15, -0.1) is 0 Å². The molecule has 4 amide bonds. The van der Waals surface area contributed by atoms with Crippen LogP contribution in [0.1, 0.15) is 22.3 Å². The highest BCUT2D eigenvalue weighted by atomic mass is 79.9. The molecule has 1 heterocycles. The van der Waals surface area contributed by atoms with Gasteiger partial charge in [-0.3, -0.25) is 14.9 Å². The van der Waals surface area contributed by atoms with Gasteiger partial charge in [0.05, 0.1) is 17.3 Å². The molecule has 0 radical (unpaired) electrons. The van der Waals surface area contributed by atoms with Crippen molar-refractivity contribution in [3.63, 3.8) is 0 Å². The number of hydrogen-bond donors (Lipinski definition) is 1. The number of urea groups is 1. The van der Waals surface area contributed by atoms with Gasteiger partial charge < -0.3 is 9.47 Å². The van der Waals surface area contributed by atoms with Crippen LogP contribution in [0.5, 0.6) is 11.5 Å². The topological polar surface area (TPSA) is 84.9 Å². The van der Waals surface area contributed by atoms with Gasteiger partial charge in [0.15, 0.2) is 11.5 Å². The van der Waals surface area contributed by atoms with Crippen molar-refractivity contribution in [2.24, 2.45) is 0 Å². The van der Waals surface area contributed by atoms with Crippen LogP contribution in [0.4, 0.5) is 10.5 Å². The number of nitrogens with one attached hydrogen (secondary N) is 1. The van der Waals surface area contributed by atoms with Crippen molar-refractivity contribution in [3.8, 4) is 11.5 Å². The van der Waals surface area contributed by atoms with E-state index < -0.39 is 17.8 Å². The van der Waals surface area contributed by atoms with E-state index in [0.29, 0.717) is 37.3 Å². The summed E-state index contributed by atoms with van der Waals surface area (Å²) in [6.45, 7) is 3.95. The molecule has 37 heavy (non-hydrogen) atoms. The lowest BCUT2D eigenvalue weighted by Crippen LogP contribution is -2.54. The normalized spacial score (nSPS) is 14.7. The van der Waals surface area contributed by atoms with E-state index in [9.17, 15) is 14.4 Å². The highest BCUT2D eigenvalue weighted by Crippen LogP contribution is 2.38. The molecule has 0 bridgehead atoms. The zero-order valence-corrected chi connectivity index (χ0v) is 23.1. The second-order valence-corrected chi connectivity index (χ2v) is 9.98. The fourth-order valence-corrected chi connectivity index (χ4v) is 4.71. The van der Waals surface area contributed by atoms with E-state index in [4.69, 9.17) is 32.7 Å². The van der Waals surface area contributed by atoms with Crippen molar-refractivity contribution in [2.75, 3.05) is 12.0 Å². The zero-order chi connectivity index (χ0) is 26.9. The lowest BCUT2D eigenvalue weighted by atomic mass is 10.0. The van der Waals surface area contributed by atoms with Crippen LogP contribution < -0.4 is 19.7 Å².